The molecule has 0 radical (unpaired) electrons. The van der Waals surface area contributed by atoms with E-state index < -0.39 is 0 Å². The molecule has 150 valence electrons. The molecule has 27 heavy (non-hydrogen) atoms. The maximum atomic E-state index is 5.80. The third kappa shape index (κ3) is 5.92. The van der Waals surface area contributed by atoms with Crippen LogP contribution in [0.25, 0.3) is 0 Å². The van der Waals surface area contributed by atoms with Crippen LogP contribution in [-0.2, 0) is 16.0 Å². The Morgan fingerprint density at radius 1 is 1.22 bits per heavy atom. The number of benzene rings is 1. The molecule has 2 aliphatic rings. The topological polar surface area (TPSA) is 58.1 Å². The Balaban J connectivity index is 1.41. The van der Waals surface area contributed by atoms with Crippen LogP contribution in [0, 0.1) is 0 Å². The Labute approximate surface area is 163 Å². The summed E-state index contributed by atoms with van der Waals surface area (Å²) in [7, 11) is 3.63. The van der Waals surface area contributed by atoms with Crippen molar-refractivity contribution in [3.63, 3.8) is 0 Å². The minimum atomic E-state index is -0.144. The monoisotopic (exact) mass is 374 g/mol. The van der Waals surface area contributed by atoms with Gasteiger partial charge in [-0.2, -0.15) is 0 Å². The van der Waals surface area contributed by atoms with E-state index in [-0.39, 0.29) is 5.60 Å². The highest BCUT2D eigenvalue weighted by atomic mass is 16.5. The van der Waals surface area contributed by atoms with Gasteiger partial charge >= 0.3 is 0 Å². The summed E-state index contributed by atoms with van der Waals surface area (Å²) < 4.78 is 11.3. The van der Waals surface area contributed by atoms with Crippen LogP contribution < -0.4 is 10.6 Å². The third-order valence-electron chi connectivity index (χ3n) is 5.82. The molecule has 6 nitrogen and oxygen atoms in total. The van der Waals surface area contributed by atoms with Crippen LogP contribution in [0.3, 0.4) is 0 Å². The fraction of sp³-hybridized carbons (Fsp3) is 0.667. The number of piperidine rings is 1. The van der Waals surface area contributed by atoms with Crippen molar-refractivity contribution in [2.24, 2.45) is 4.99 Å². The predicted octanol–water partition coefficient (Wildman–Crippen LogP) is 2.01. The summed E-state index contributed by atoms with van der Waals surface area (Å²) in [6, 6.07) is 11.2. The SMILES string of the molecule is CN=C(NCC1(OC)CCOCC1)NC1CCN(Cc2ccccc2)CC1. The molecule has 1 aromatic rings. The minimum absolute atomic E-state index is 0.144. The third-order valence-corrected chi connectivity index (χ3v) is 5.82. The summed E-state index contributed by atoms with van der Waals surface area (Å²) in [4.78, 5) is 6.95. The molecule has 0 bridgehead atoms. The van der Waals surface area contributed by atoms with Gasteiger partial charge in [-0.25, -0.2) is 0 Å². The van der Waals surface area contributed by atoms with E-state index in [0.717, 1.165) is 71.0 Å². The number of hydrogen-bond acceptors (Lipinski definition) is 4. The van der Waals surface area contributed by atoms with Gasteiger partial charge in [-0.3, -0.25) is 9.89 Å². The Morgan fingerprint density at radius 2 is 1.93 bits per heavy atom. The lowest BCUT2D eigenvalue weighted by molar-refractivity contribution is -0.0855. The van der Waals surface area contributed by atoms with Crippen LogP contribution >= 0.6 is 0 Å². The molecule has 0 aromatic heterocycles. The molecule has 2 fully saturated rings. The maximum Gasteiger partial charge on any atom is 0.191 e. The fourth-order valence-corrected chi connectivity index (χ4v) is 3.91. The first-order valence-electron chi connectivity index (χ1n) is 10.1. The predicted molar refractivity (Wildman–Crippen MR) is 109 cm³/mol. The molecule has 2 N–H and O–H groups in total. The standard InChI is InChI=1S/C21H34N4O2/c1-22-20(23-17-21(26-2)10-14-27-15-11-21)24-19-8-12-25(13-9-19)16-18-6-4-3-5-7-18/h3-7,19H,8-17H2,1-2H3,(H2,22,23,24). The number of nitrogens with zero attached hydrogens (tertiary/aromatic N) is 2. The van der Waals surface area contributed by atoms with Gasteiger partial charge in [0.25, 0.3) is 0 Å². The van der Waals surface area contributed by atoms with Crippen LogP contribution in [0.2, 0.25) is 0 Å². The molecule has 0 aliphatic carbocycles. The van der Waals surface area contributed by atoms with Gasteiger partial charge in [0.2, 0.25) is 0 Å². The first-order chi connectivity index (χ1) is 13.2. The van der Waals surface area contributed by atoms with Crippen LogP contribution in [0.5, 0.6) is 0 Å². The number of ether oxygens (including phenoxy) is 2. The minimum Gasteiger partial charge on any atom is -0.381 e. The first-order valence-corrected chi connectivity index (χ1v) is 10.1. The van der Waals surface area contributed by atoms with Crippen LogP contribution in [0.4, 0.5) is 0 Å². The van der Waals surface area contributed by atoms with Crippen molar-refractivity contribution < 1.29 is 9.47 Å². The van der Waals surface area contributed by atoms with Crippen molar-refractivity contribution in [1.29, 1.82) is 0 Å². The highest BCUT2D eigenvalue weighted by molar-refractivity contribution is 5.80. The van der Waals surface area contributed by atoms with Crippen molar-refractivity contribution in [1.82, 2.24) is 15.5 Å². The van der Waals surface area contributed by atoms with Gasteiger partial charge < -0.3 is 20.1 Å². The van der Waals surface area contributed by atoms with Crippen molar-refractivity contribution in [2.75, 3.05) is 47.0 Å². The van der Waals surface area contributed by atoms with Gasteiger partial charge in [-0.1, -0.05) is 30.3 Å². The van der Waals surface area contributed by atoms with Crippen molar-refractivity contribution >= 4 is 5.96 Å². The largest absolute Gasteiger partial charge is 0.381 e. The smallest absolute Gasteiger partial charge is 0.191 e. The molecule has 2 aliphatic heterocycles. The summed E-state index contributed by atoms with van der Waals surface area (Å²) in [5.74, 6) is 0.874. The zero-order chi connectivity index (χ0) is 19.0. The average Bonchev–Trinajstić information content (AvgIpc) is 2.74. The van der Waals surface area contributed by atoms with Gasteiger partial charge in [0.1, 0.15) is 0 Å². The molecule has 0 spiro atoms. The molecule has 0 unspecified atom stereocenters. The summed E-state index contributed by atoms with van der Waals surface area (Å²) in [6.07, 6.45) is 4.12. The zero-order valence-corrected chi connectivity index (χ0v) is 16.7. The Kier molecular flexibility index (Phi) is 7.50. The second-order valence-corrected chi connectivity index (χ2v) is 7.61. The van der Waals surface area contributed by atoms with E-state index in [1.54, 1.807) is 7.11 Å². The second kappa shape index (κ2) is 10.1. The average molecular weight is 375 g/mol. The number of rotatable bonds is 6. The highest BCUT2D eigenvalue weighted by Gasteiger charge is 2.32. The molecule has 2 saturated heterocycles. The Hall–Kier alpha value is -1.63. The van der Waals surface area contributed by atoms with E-state index in [9.17, 15) is 0 Å². The van der Waals surface area contributed by atoms with E-state index in [4.69, 9.17) is 9.47 Å². The van der Waals surface area contributed by atoms with E-state index in [2.05, 4.69) is 50.9 Å². The molecule has 0 amide bonds. The quantitative estimate of drug-likeness (QED) is 0.589. The second-order valence-electron chi connectivity index (χ2n) is 7.61. The summed E-state index contributed by atoms with van der Waals surface area (Å²) in [6.45, 7) is 5.56. The van der Waals surface area contributed by atoms with E-state index in [0.29, 0.717) is 6.04 Å². The Bertz CT molecular complexity index is 579. The summed E-state index contributed by atoms with van der Waals surface area (Å²) >= 11 is 0. The lowest BCUT2D eigenvalue weighted by Gasteiger charge is -2.37. The summed E-state index contributed by atoms with van der Waals surface area (Å²) in [5.41, 5.74) is 1.25. The first kappa shape index (κ1) is 20.1. The van der Waals surface area contributed by atoms with Gasteiger partial charge in [0, 0.05) is 72.4 Å². The lowest BCUT2D eigenvalue weighted by Crippen LogP contribution is -2.53. The van der Waals surface area contributed by atoms with E-state index >= 15 is 0 Å². The van der Waals surface area contributed by atoms with Crippen LogP contribution in [-0.4, -0.2) is 69.5 Å². The van der Waals surface area contributed by atoms with Gasteiger partial charge in [-0.15, -0.1) is 0 Å². The molecule has 2 heterocycles. The highest BCUT2D eigenvalue weighted by Crippen LogP contribution is 2.23. The number of nitrogens with one attached hydrogen (secondary N) is 2. The van der Waals surface area contributed by atoms with Gasteiger partial charge in [-0.05, 0) is 18.4 Å². The van der Waals surface area contributed by atoms with E-state index in [1.807, 2.05) is 7.05 Å². The van der Waals surface area contributed by atoms with Crippen molar-refractivity contribution in [2.45, 2.75) is 43.9 Å². The van der Waals surface area contributed by atoms with Gasteiger partial charge in [0.05, 0.1) is 5.60 Å². The fourth-order valence-electron chi connectivity index (χ4n) is 3.91. The normalized spacial score (nSPS) is 21.8. The molecule has 0 saturated carbocycles. The van der Waals surface area contributed by atoms with Crippen LogP contribution in [0.1, 0.15) is 31.2 Å². The maximum absolute atomic E-state index is 5.80. The van der Waals surface area contributed by atoms with Gasteiger partial charge in [0.15, 0.2) is 5.96 Å². The molecule has 3 rings (SSSR count). The van der Waals surface area contributed by atoms with Crippen molar-refractivity contribution in [3.8, 4) is 0 Å². The zero-order valence-electron chi connectivity index (χ0n) is 16.7. The number of likely N-dealkylation sites (tertiary alicyclic amines) is 1. The number of hydrogen-bond donors (Lipinski definition) is 2. The Morgan fingerprint density at radius 3 is 2.56 bits per heavy atom. The lowest BCUT2D eigenvalue weighted by atomic mass is 9.94. The number of aliphatic imine (C=N–C) groups is 1. The molecule has 0 atom stereocenters. The van der Waals surface area contributed by atoms with Crippen molar-refractivity contribution in [3.05, 3.63) is 35.9 Å². The molecule has 6 heteroatoms. The van der Waals surface area contributed by atoms with Crippen LogP contribution in [0.15, 0.2) is 35.3 Å². The molecular weight excluding hydrogens is 340 g/mol. The summed E-state index contributed by atoms with van der Waals surface area (Å²) in [5, 5.41) is 7.07. The number of methoxy groups -OCH3 is 1. The molecular formula is C21H34N4O2. The van der Waals surface area contributed by atoms with E-state index in [1.165, 1.54) is 5.56 Å². The molecule has 1 aromatic carbocycles. The number of guanidine groups is 1.